The molecule has 0 atom stereocenters. The van der Waals surface area contributed by atoms with Crippen molar-refractivity contribution in [3.63, 3.8) is 0 Å². The topological polar surface area (TPSA) is 51.6 Å². The van der Waals surface area contributed by atoms with E-state index in [0.29, 0.717) is 0 Å². The lowest BCUT2D eigenvalue weighted by Crippen LogP contribution is -1.92. The van der Waals surface area contributed by atoms with Crippen LogP contribution in [-0.4, -0.2) is 19.9 Å². The number of hydrogen-bond donors (Lipinski definition) is 0. The van der Waals surface area contributed by atoms with E-state index < -0.39 is 0 Å². The summed E-state index contributed by atoms with van der Waals surface area (Å²) in [5.41, 5.74) is 10.1. The Kier molecular flexibility index (Phi) is 4.55. The van der Waals surface area contributed by atoms with Crippen LogP contribution in [0.15, 0.2) is 97.3 Å². The van der Waals surface area contributed by atoms with Crippen molar-refractivity contribution in [3.05, 3.63) is 108 Å². The molecule has 0 radical (unpaired) electrons. The maximum Gasteiger partial charge on any atom is 0.0972 e. The molecule has 0 aliphatic heterocycles. The summed E-state index contributed by atoms with van der Waals surface area (Å²) in [5, 5.41) is 4.48. The van der Waals surface area contributed by atoms with Gasteiger partial charge in [-0.15, -0.1) is 0 Å². The highest BCUT2D eigenvalue weighted by Crippen LogP contribution is 2.32. The first-order valence-electron chi connectivity index (χ1n) is 12.1. The predicted molar refractivity (Wildman–Crippen MR) is 148 cm³/mol. The van der Waals surface area contributed by atoms with Gasteiger partial charge in [-0.2, -0.15) is 0 Å². The highest BCUT2D eigenvalue weighted by Gasteiger charge is 2.11. The molecule has 0 N–H and O–H groups in total. The van der Waals surface area contributed by atoms with Crippen LogP contribution >= 0.6 is 0 Å². The standard InChI is InChI=1S/C32H22N4/c1-19-16-23-10-12-27(35-29(23)31-25(19)8-4-14-33-31)21-6-3-7-22(18-21)28-13-11-24-17-20(2)26-9-5-15-34-32(26)30(24)36-28/h3-18H,1-2H3. The van der Waals surface area contributed by atoms with E-state index in [-0.39, 0.29) is 0 Å². The summed E-state index contributed by atoms with van der Waals surface area (Å²) >= 11 is 0. The third-order valence-corrected chi connectivity index (χ3v) is 6.96. The molecule has 170 valence electrons. The van der Waals surface area contributed by atoms with Crippen LogP contribution in [0.4, 0.5) is 0 Å². The molecule has 4 nitrogen and oxygen atoms in total. The largest absolute Gasteiger partial charge is 0.254 e. The SMILES string of the molecule is Cc1cc2ccc(-c3cccc(-c4ccc5cc(C)c6cccnc6c5n4)c3)nc2c2ncccc12. The molecule has 0 amide bonds. The zero-order chi connectivity index (χ0) is 24.2. The second kappa shape index (κ2) is 7.92. The number of hydrogen-bond acceptors (Lipinski definition) is 4. The second-order valence-electron chi connectivity index (χ2n) is 9.30. The number of aryl methyl sites for hydroxylation is 2. The molecule has 0 aliphatic rings. The van der Waals surface area contributed by atoms with Gasteiger partial charge in [0.15, 0.2) is 0 Å². The van der Waals surface area contributed by atoms with Gasteiger partial charge in [-0.1, -0.05) is 42.5 Å². The van der Waals surface area contributed by atoms with Gasteiger partial charge in [0.2, 0.25) is 0 Å². The van der Waals surface area contributed by atoms with Crippen LogP contribution in [-0.2, 0) is 0 Å². The van der Waals surface area contributed by atoms with Crippen LogP contribution in [0.1, 0.15) is 11.1 Å². The van der Waals surface area contributed by atoms with E-state index in [9.17, 15) is 0 Å². The Morgan fingerprint density at radius 1 is 0.472 bits per heavy atom. The Hall–Kier alpha value is -4.70. The first-order valence-corrected chi connectivity index (χ1v) is 12.1. The zero-order valence-corrected chi connectivity index (χ0v) is 20.0. The van der Waals surface area contributed by atoms with Gasteiger partial charge < -0.3 is 0 Å². The molecule has 0 bridgehead atoms. The molecule has 36 heavy (non-hydrogen) atoms. The molecule has 4 heterocycles. The molecule has 0 aliphatic carbocycles. The summed E-state index contributed by atoms with van der Waals surface area (Å²) in [4.78, 5) is 19.4. The van der Waals surface area contributed by atoms with Gasteiger partial charge >= 0.3 is 0 Å². The molecular weight excluding hydrogens is 440 g/mol. The van der Waals surface area contributed by atoms with E-state index in [0.717, 1.165) is 66.1 Å². The molecule has 0 fully saturated rings. The third-order valence-electron chi connectivity index (χ3n) is 6.96. The number of nitrogens with zero attached hydrogens (tertiary/aromatic N) is 4. The third kappa shape index (κ3) is 3.23. The van der Waals surface area contributed by atoms with Crippen LogP contribution in [0.5, 0.6) is 0 Å². The number of rotatable bonds is 2. The lowest BCUT2D eigenvalue weighted by Gasteiger charge is -2.10. The second-order valence-corrected chi connectivity index (χ2v) is 9.30. The van der Waals surface area contributed by atoms with Crippen molar-refractivity contribution in [1.29, 1.82) is 0 Å². The Bertz CT molecular complexity index is 1830. The molecule has 0 spiro atoms. The van der Waals surface area contributed by atoms with Crippen molar-refractivity contribution in [2.75, 3.05) is 0 Å². The van der Waals surface area contributed by atoms with Gasteiger partial charge in [-0.25, -0.2) is 9.97 Å². The summed E-state index contributed by atoms with van der Waals surface area (Å²) in [5.74, 6) is 0. The number of pyridine rings is 4. The van der Waals surface area contributed by atoms with Gasteiger partial charge in [-0.05, 0) is 67.4 Å². The fraction of sp³-hybridized carbons (Fsp3) is 0.0625. The van der Waals surface area contributed by atoms with Gasteiger partial charge in [0, 0.05) is 45.1 Å². The van der Waals surface area contributed by atoms with Crippen LogP contribution in [0, 0.1) is 13.8 Å². The molecule has 7 aromatic rings. The molecule has 0 saturated carbocycles. The first kappa shape index (κ1) is 20.7. The van der Waals surface area contributed by atoms with E-state index in [1.807, 2.05) is 24.5 Å². The lowest BCUT2D eigenvalue weighted by molar-refractivity contribution is 1.35. The predicted octanol–water partition coefficient (Wildman–Crippen LogP) is 7.83. The van der Waals surface area contributed by atoms with Crippen molar-refractivity contribution in [1.82, 2.24) is 19.9 Å². The number of benzene rings is 3. The summed E-state index contributed by atoms with van der Waals surface area (Å²) in [6, 6.07) is 29.4. The van der Waals surface area contributed by atoms with Gasteiger partial charge in [0.1, 0.15) is 0 Å². The van der Waals surface area contributed by atoms with Crippen molar-refractivity contribution in [2.24, 2.45) is 0 Å². The zero-order valence-electron chi connectivity index (χ0n) is 20.0. The average Bonchev–Trinajstić information content (AvgIpc) is 2.93. The Labute approximate surface area is 208 Å². The van der Waals surface area contributed by atoms with Crippen molar-refractivity contribution < 1.29 is 0 Å². The maximum absolute atomic E-state index is 5.06. The molecular formula is C32H22N4. The molecule has 7 rings (SSSR count). The molecule has 4 aromatic heterocycles. The molecule has 4 heteroatoms. The number of aromatic nitrogens is 4. The first-order chi connectivity index (χ1) is 17.7. The summed E-state index contributed by atoms with van der Waals surface area (Å²) in [7, 11) is 0. The normalized spacial score (nSPS) is 11.6. The lowest BCUT2D eigenvalue weighted by atomic mass is 10.0. The minimum atomic E-state index is 0.920. The van der Waals surface area contributed by atoms with Gasteiger partial charge in [0.05, 0.1) is 33.5 Å². The van der Waals surface area contributed by atoms with Gasteiger partial charge in [0.25, 0.3) is 0 Å². The minimum Gasteiger partial charge on any atom is -0.254 e. The van der Waals surface area contributed by atoms with Gasteiger partial charge in [-0.3, -0.25) is 9.97 Å². The van der Waals surface area contributed by atoms with Crippen LogP contribution < -0.4 is 0 Å². The van der Waals surface area contributed by atoms with E-state index in [1.165, 1.54) is 11.1 Å². The minimum absolute atomic E-state index is 0.920. The average molecular weight is 463 g/mol. The summed E-state index contributed by atoms with van der Waals surface area (Å²) in [6.45, 7) is 4.24. The fourth-order valence-electron chi connectivity index (χ4n) is 5.16. The quantitative estimate of drug-likeness (QED) is 0.246. The summed E-state index contributed by atoms with van der Waals surface area (Å²) in [6.07, 6.45) is 3.67. The monoisotopic (exact) mass is 462 g/mol. The van der Waals surface area contributed by atoms with Crippen molar-refractivity contribution in [2.45, 2.75) is 13.8 Å². The van der Waals surface area contributed by atoms with Crippen molar-refractivity contribution in [3.8, 4) is 22.5 Å². The maximum atomic E-state index is 5.06. The smallest absolute Gasteiger partial charge is 0.0972 e. The van der Waals surface area contributed by atoms with E-state index >= 15 is 0 Å². The Morgan fingerprint density at radius 2 is 0.972 bits per heavy atom. The Balaban J connectivity index is 1.38. The molecule has 0 unspecified atom stereocenters. The van der Waals surface area contributed by atoms with Crippen LogP contribution in [0.25, 0.3) is 66.1 Å². The van der Waals surface area contributed by atoms with E-state index in [4.69, 9.17) is 9.97 Å². The molecule has 0 saturated heterocycles. The summed E-state index contributed by atoms with van der Waals surface area (Å²) < 4.78 is 0. The van der Waals surface area contributed by atoms with Crippen LogP contribution in [0.3, 0.4) is 0 Å². The van der Waals surface area contributed by atoms with E-state index in [2.05, 4.69) is 96.6 Å². The number of fused-ring (bicyclic) bond motifs is 6. The molecule has 3 aromatic carbocycles. The Morgan fingerprint density at radius 3 is 1.47 bits per heavy atom. The highest BCUT2D eigenvalue weighted by atomic mass is 14.8. The fourth-order valence-corrected chi connectivity index (χ4v) is 5.16. The van der Waals surface area contributed by atoms with Crippen LogP contribution in [0.2, 0.25) is 0 Å². The van der Waals surface area contributed by atoms with Crippen molar-refractivity contribution >= 4 is 43.6 Å². The van der Waals surface area contributed by atoms with E-state index in [1.54, 1.807) is 0 Å². The highest BCUT2D eigenvalue weighted by molar-refractivity contribution is 6.06.